The molecule has 0 radical (unpaired) electrons. The molecule has 0 amide bonds. The Labute approximate surface area is 107 Å². The Kier molecular flexibility index (Phi) is 3.48. The highest BCUT2D eigenvalue weighted by Gasteiger charge is 2.30. The van der Waals surface area contributed by atoms with Gasteiger partial charge >= 0.3 is 6.18 Å². The van der Waals surface area contributed by atoms with Crippen LogP contribution in [0.3, 0.4) is 0 Å². The molecule has 1 atom stereocenters. The quantitative estimate of drug-likeness (QED) is 0.875. The van der Waals surface area contributed by atoms with Crippen molar-refractivity contribution in [1.82, 2.24) is 0 Å². The van der Waals surface area contributed by atoms with Crippen LogP contribution in [0, 0.1) is 0 Å². The largest absolute Gasteiger partial charge is 0.508 e. The molecule has 2 aromatic rings. The van der Waals surface area contributed by atoms with Gasteiger partial charge in [-0.25, -0.2) is 0 Å². The topological polar surface area (TPSA) is 40.5 Å². The van der Waals surface area contributed by atoms with Gasteiger partial charge in [-0.1, -0.05) is 30.3 Å². The van der Waals surface area contributed by atoms with E-state index >= 15 is 0 Å². The van der Waals surface area contributed by atoms with Crippen molar-refractivity contribution in [3.8, 4) is 5.75 Å². The molecule has 1 unspecified atom stereocenters. The normalized spacial score (nSPS) is 13.3. The number of alkyl halides is 3. The van der Waals surface area contributed by atoms with E-state index in [2.05, 4.69) is 0 Å². The number of aliphatic hydroxyl groups is 1. The summed E-state index contributed by atoms with van der Waals surface area (Å²) >= 11 is 0. The third-order valence-electron chi connectivity index (χ3n) is 2.79. The Morgan fingerprint density at radius 2 is 1.47 bits per heavy atom. The number of para-hydroxylation sites is 1. The maximum Gasteiger partial charge on any atom is 0.416 e. The van der Waals surface area contributed by atoms with Crippen LogP contribution in [0.2, 0.25) is 0 Å². The summed E-state index contributed by atoms with van der Waals surface area (Å²) in [6.07, 6.45) is -5.57. The SMILES string of the molecule is Oc1ccccc1C(O)c1ccc(C(F)(F)F)cc1. The fourth-order valence-electron chi connectivity index (χ4n) is 1.75. The lowest BCUT2D eigenvalue weighted by atomic mass is 9.99. The Bertz CT molecular complexity index is 562. The summed E-state index contributed by atoms with van der Waals surface area (Å²) in [5.74, 6) is -0.102. The first kappa shape index (κ1) is 13.4. The number of rotatable bonds is 2. The van der Waals surface area contributed by atoms with Crippen LogP contribution in [0.1, 0.15) is 22.8 Å². The van der Waals surface area contributed by atoms with E-state index in [-0.39, 0.29) is 16.9 Å². The molecule has 0 aliphatic rings. The maximum absolute atomic E-state index is 12.4. The average molecular weight is 268 g/mol. The fourth-order valence-corrected chi connectivity index (χ4v) is 1.75. The Morgan fingerprint density at radius 1 is 0.895 bits per heavy atom. The monoisotopic (exact) mass is 268 g/mol. The van der Waals surface area contributed by atoms with Gasteiger partial charge in [-0.05, 0) is 23.8 Å². The molecule has 0 spiro atoms. The molecule has 0 aliphatic heterocycles. The van der Waals surface area contributed by atoms with Gasteiger partial charge in [-0.15, -0.1) is 0 Å². The van der Waals surface area contributed by atoms with Crippen LogP contribution >= 0.6 is 0 Å². The predicted molar refractivity (Wildman–Crippen MR) is 63.6 cm³/mol. The summed E-state index contributed by atoms with van der Waals surface area (Å²) in [5.41, 5.74) is -0.238. The molecular weight excluding hydrogens is 257 g/mol. The van der Waals surface area contributed by atoms with Crippen molar-refractivity contribution in [1.29, 1.82) is 0 Å². The average Bonchev–Trinajstić information content (AvgIpc) is 2.38. The fraction of sp³-hybridized carbons (Fsp3) is 0.143. The molecule has 0 aliphatic carbocycles. The van der Waals surface area contributed by atoms with Gasteiger partial charge in [0.15, 0.2) is 0 Å². The zero-order valence-electron chi connectivity index (χ0n) is 9.72. The third-order valence-corrected chi connectivity index (χ3v) is 2.79. The van der Waals surface area contributed by atoms with E-state index in [0.29, 0.717) is 0 Å². The van der Waals surface area contributed by atoms with E-state index in [1.807, 2.05) is 0 Å². The van der Waals surface area contributed by atoms with Crippen molar-refractivity contribution < 1.29 is 23.4 Å². The smallest absolute Gasteiger partial charge is 0.416 e. The number of halogens is 3. The molecule has 0 heterocycles. The summed E-state index contributed by atoms with van der Waals surface area (Å²) < 4.78 is 37.2. The van der Waals surface area contributed by atoms with Crippen LogP contribution in [0.25, 0.3) is 0 Å². The number of phenolic OH excluding ortho intramolecular Hbond substituents is 1. The van der Waals surface area contributed by atoms with Crippen molar-refractivity contribution >= 4 is 0 Å². The second kappa shape index (κ2) is 4.93. The summed E-state index contributed by atoms with van der Waals surface area (Å²) in [6.45, 7) is 0. The molecule has 0 saturated heterocycles. The number of hydrogen-bond acceptors (Lipinski definition) is 2. The van der Waals surface area contributed by atoms with Crippen LogP contribution in [0.4, 0.5) is 13.2 Å². The zero-order valence-corrected chi connectivity index (χ0v) is 9.72. The van der Waals surface area contributed by atoms with Crippen LogP contribution in [0.5, 0.6) is 5.75 Å². The third kappa shape index (κ3) is 2.88. The first-order valence-corrected chi connectivity index (χ1v) is 5.52. The number of phenols is 1. The summed E-state index contributed by atoms with van der Waals surface area (Å²) in [7, 11) is 0. The molecule has 0 saturated carbocycles. The van der Waals surface area contributed by atoms with E-state index in [0.717, 1.165) is 12.1 Å². The molecule has 2 aromatic carbocycles. The molecule has 5 heteroatoms. The van der Waals surface area contributed by atoms with Gasteiger partial charge in [0, 0.05) is 5.56 Å². The van der Waals surface area contributed by atoms with Gasteiger partial charge in [0.1, 0.15) is 11.9 Å². The molecule has 0 aromatic heterocycles. The van der Waals surface area contributed by atoms with E-state index in [1.54, 1.807) is 12.1 Å². The van der Waals surface area contributed by atoms with Crippen molar-refractivity contribution in [3.63, 3.8) is 0 Å². The molecule has 0 bridgehead atoms. The van der Waals surface area contributed by atoms with Crippen LogP contribution in [-0.4, -0.2) is 10.2 Å². The zero-order chi connectivity index (χ0) is 14.0. The lowest BCUT2D eigenvalue weighted by Gasteiger charge is -2.14. The number of hydrogen-bond donors (Lipinski definition) is 2. The molecule has 100 valence electrons. The van der Waals surface area contributed by atoms with E-state index in [4.69, 9.17) is 0 Å². The Hall–Kier alpha value is -2.01. The lowest BCUT2D eigenvalue weighted by Crippen LogP contribution is -2.06. The van der Waals surface area contributed by atoms with Crippen LogP contribution < -0.4 is 0 Å². The van der Waals surface area contributed by atoms with Gasteiger partial charge < -0.3 is 10.2 Å². The molecular formula is C14H11F3O2. The van der Waals surface area contributed by atoms with Gasteiger partial charge in [-0.2, -0.15) is 13.2 Å². The standard InChI is InChI=1S/C14H11F3O2/c15-14(16,17)10-7-5-9(6-8-10)13(19)11-3-1-2-4-12(11)18/h1-8,13,18-19H. The van der Waals surface area contributed by atoms with E-state index < -0.39 is 17.8 Å². The molecule has 19 heavy (non-hydrogen) atoms. The minimum absolute atomic E-state index is 0.102. The Balaban J connectivity index is 2.31. The van der Waals surface area contributed by atoms with Gasteiger partial charge in [0.2, 0.25) is 0 Å². The van der Waals surface area contributed by atoms with Crippen molar-refractivity contribution in [2.24, 2.45) is 0 Å². The summed E-state index contributed by atoms with van der Waals surface area (Å²) in [6, 6.07) is 10.3. The van der Waals surface area contributed by atoms with Crippen LogP contribution in [0.15, 0.2) is 48.5 Å². The minimum atomic E-state index is -4.40. The van der Waals surface area contributed by atoms with Crippen molar-refractivity contribution in [2.75, 3.05) is 0 Å². The molecule has 2 N–H and O–H groups in total. The van der Waals surface area contributed by atoms with Gasteiger partial charge in [0.05, 0.1) is 5.56 Å². The molecule has 0 fully saturated rings. The molecule has 2 rings (SSSR count). The summed E-state index contributed by atoms with van der Waals surface area (Å²) in [5, 5.41) is 19.6. The highest BCUT2D eigenvalue weighted by molar-refractivity contribution is 5.40. The molecule has 2 nitrogen and oxygen atoms in total. The second-order valence-corrected chi connectivity index (χ2v) is 4.08. The van der Waals surface area contributed by atoms with Crippen molar-refractivity contribution in [2.45, 2.75) is 12.3 Å². The van der Waals surface area contributed by atoms with Crippen molar-refractivity contribution in [3.05, 3.63) is 65.2 Å². The predicted octanol–water partition coefficient (Wildman–Crippen LogP) is 3.49. The number of benzene rings is 2. The number of aliphatic hydroxyl groups excluding tert-OH is 1. The number of aromatic hydroxyl groups is 1. The van der Waals surface area contributed by atoms with E-state index in [9.17, 15) is 23.4 Å². The second-order valence-electron chi connectivity index (χ2n) is 4.08. The van der Waals surface area contributed by atoms with Gasteiger partial charge in [0.25, 0.3) is 0 Å². The maximum atomic E-state index is 12.4. The van der Waals surface area contributed by atoms with Crippen LogP contribution in [-0.2, 0) is 6.18 Å². The summed E-state index contributed by atoms with van der Waals surface area (Å²) in [4.78, 5) is 0. The highest BCUT2D eigenvalue weighted by Crippen LogP contribution is 2.32. The minimum Gasteiger partial charge on any atom is -0.508 e. The first-order valence-electron chi connectivity index (χ1n) is 5.52. The first-order chi connectivity index (χ1) is 8.89. The lowest BCUT2D eigenvalue weighted by molar-refractivity contribution is -0.137. The Morgan fingerprint density at radius 3 is 2.00 bits per heavy atom. The van der Waals surface area contributed by atoms with Gasteiger partial charge in [-0.3, -0.25) is 0 Å². The highest BCUT2D eigenvalue weighted by atomic mass is 19.4. The van der Waals surface area contributed by atoms with E-state index in [1.165, 1.54) is 24.3 Å².